The van der Waals surface area contributed by atoms with Gasteiger partial charge in [-0.3, -0.25) is 4.57 Å². The first-order chi connectivity index (χ1) is 16.1. The smallest absolute Gasteiger partial charge is 0.123 e. The van der Waals surface area contributed by atoms with Crippen molar-refractivity contribution in [2.45, 2.75) is 37.7 Å². The summed E-state index contributed by atoms with van der Waals surface area (Å²) in [6.07, 6.45) is 10.6. The third-order valence-corrected chi connectivity index (χ3v) is 7.03. The van der Waals surface area contributed by atoms with Gasteiger partial charge in [-0.2, -0.15) is 0 Å². The molecule has 0 spiro atoms. The van der Waals surface area contributed by atoms with Gasteiger partial charge < -0.3 is 14.6 Å². The van der Waals surface area contributed by atoms with Gasteiger partial charge in [0.1, 0.15) is 18.5 Å². The molecule has 7 heteroatoms. The lowest BCUT2D eigenvalue weighted by Gasteiger charge is -2.41. The van der Waals surface area contributed by atoms with Gasteiger partial charge >= 0.3 is 0 Å². The standard InChI is InChI=1S/C26H30FN5O/c1-33-26(16-20-4-6-22(27)7-5-20)10-13-31(14-11-26)12-2-3-21-17-28-25-9-8-23(15-24(21)25)32-18-29-30-19-32/h4-9,15,17-19,28H,2-3,10-14,16H2,1H3. The number of rotatable bonds is 8. The second-order valence-corrected chi connectivity index (χ2v) is 9.05. The number of aryl methyl sites for hydroxylation is 1. The average molecular weight is 448 g/mol. The van der Waals surface area contributed by atoms with Crippen molar-refractivity contribution in [2.24, 2.45) is 0 Å². The zero-order valence-corrected chi connectivity index (χ0v) is 19.0. The number of benzene rings is 2. The molecule has 2 aromatic heterocycles. The lowest BCUT2D eigenvalue weighted by atomic mass is 9.85. The first-order valence-electron chi connectivity index (χ1n) is 11.6. The molecule has 1 aliphatic heterocycles. The monoisotopic (exact) mass is 447 g/mol. The summed E-state index contributed by atoms with van der Waals surface area (Å²) in [5.41, 5.74) is 4.56. The zero-order chi connectivity index (χ0) is 22.7. The van der Waals surface area contributed by atoms with Crippen LogP contribution in [0.3, 0.4) is 0 Å². The second-order valence-electron chi connectivity index (χ2n) is 9.05. The van der Waals surface area contributed by atoms with E-state index in [1.165, 1.54) is 23.1 Å². The highest BCUT2D eigenvalue weighted by atomic mass is 19.1. The molecular formula is C26H30FN5O. The Balaban J connectivity index is 1.16. The molecular weight excluding hydrogens is 417 g/mol. The minimum Gasteiger partial charge on any atom is -0.378 e. The Kier molecular flexibility index (Phi) is 6.24. The predicted molar refractivity (Wildman–Crippen MR) is 127 cm³/mol. The Bertz CT molecular complexity index is 1180. The molecule has 0 bridgehead atoms. The highest BCUT2D eigenvalue weighted by molar-refractivity contribution is 5.85. The molecule has 0 saturated carbocycles. The van der Waals surface area contributed by atoms with Crippen LogP contribution in [0, 0.1) is 5.82 Å². The largest absolute Gasteiger partial charge is 0.378 e. The summed E-state index contributed by atoms with van der Waals surface area (Å²) >= 11 is 0. The van der Waals surface area contributed by atoms with E-state index in [0.717, 1.165) is 68.5 Å². The highest BCUT2D eigenvalue weighted by Crippen LogP contribution is 2.30. The van der Waals surface area contributed by atoms with Gasteiger partial charge in [0.15, 0.2) is 0 Å². The fourth-order valence-corrected chi connectivity index (χ4v) is 4.97. The molecule has 0 radical (unpaired) electrons. The fourth-order valence-electron chi connectivity index (χ4n) is 4.97. The number of fused-ring (bicyclic) bond motifs is 1. The Labute approximate surface area is 193 Å². The minimum atomic E-state index is -0.190. The Morgan fingerprint density at radius 3 is 2.55 bits per heavy atom. The number of likely N-dealkylation sites (tertiary alicyclic amines) is 1. The summed E-state index contributed by atoms with van der Waals surface area (Å²) in [5.74, 6) is -0.190. The summed E-state index contributed by atoms with van der Waals surface area (Å²) < 4.78 is 21.1. The van der Waals surface area contributed by atoms with Crippen LogP contribution in [0.2, 0.25) is 0 Å². The second kappa shape index (κ2) is 9.45. The van der Waals surface area contributed by atoms with Gasteiger partial charge in [0.05, 0.1) is 5.60 Å². The number of nitrogens with one attached hydrogen (secondary N) is 1. The highest BCUT2D eigenvalue weighted by Gasteiger charge is 2.34. The molecule has 0 aliphatic carbocycles. The fraction of sp³-hybridized carbons (Fsp3) is 0.385. The van der Waals surface area contributed by atoms with E-state index in [2.05, 4.69) is 44.5 Å². The maximum Gasteiger partial charge on any atom is 0.123 e. The van der Waals surface area contributed by atoms with E-state index >= 15 is 0 Å². The number of hydrogen-bond acceptors (Lipinski definition) is 4. The van der Waals surface area contributed by atoms with Crippen LogP contribution >= 0.6 is 0 Å². The van der Waals surface area contributed by atoms with Crippen molar-refractivity contribution in [3.05, 3.63) is 78.3 Å². The Morgan fingerprint density at radius 2 is 1.82 bits per heavy atom. The van der Waals surface area contributed by atoms with Crippen molar-refractivity contribution in [1.82, 2.24) is 24.6 Å². The van der Waals surface area contributed by atoms with Crippen molar-refractivity contribution < 1.29 is 9.13 Å². The number of methoxy groups -OCH3 is 1. The van der Waals surface area contributed by atoms with E-state index in [4.69, 9.17) is 4.74 Å². The molecule has 33 heavy (non-hydrogen) atoms. The van der Waals surface area contributed by atoms with E-state index < -0.39 is 0 Å². The minimum absolute atomic E-state index is 0.149. The van der Waals surface area contributed by atoms with Crippen molar-refractivity contribution in [3.63, 3.8) is 0 Å². The average Bonchev–Trinajstić information content (AvgIpc) is 3.52. The van der Waals surface area contributed by atoms with Crippen molar-refractivity contribution in [3.8, 4) is 5.69 Å². The Hall–Kier alpha value is -3.03. The quantitative estimate of drug-likeness (QED) is 0.431. The summed E-state index contributed by atoms with van der Waals surface area (Å²) in [5, 5.41) is 9.08. The van der Waals surface area contributed by atoms with Crippen LogP contribution in [0.25, 0.3) is 16.6 Å². The third-order valence-electron chi connectivity index (χ3n) is 7.03. The number of ether oxygens (including phenoxy) is 1. The van der Waals surface area contributed by atoms with E-state index in [9.17, 15) is 4.39 Å². The molecule has 0 atom stereocenters. The molecule has 0 amide bonds. The molecule has 1 N–H and O–H groups in total. The SMILES string of the molecule is COC1(Cc2ccc(F)cc2)CCN(CCCc2c[nH]c3ccc(-n4cnnc4)cc23)CC1. The normalized spacial score (nSPS) is 16.4. The van der Waals surface area contributed by atoms with Crippen LogP contribution in [0.15, 0.2) is 61.3 Å². The number of aromatic amines is 1. The molecule has 172 valence electrons. The summed E-state index contributed by atoms with van der Waals surface area (Å²) in [7, 11) is 1.81. The maximum atomic E-state index is 13.2. The van der Waals surface area contributed by atoms with Gasteiger partial charge in [-0.15, -0.1) is 10.2 Å². The van der Waals surface area contributed by atoms with Gasteiger partial charge in [-0.05, 0) is 73.7 Å². The lowest BCUT2D eigenvalue weighted by Crippen LogP contribution is -2.47. The number of hydrogen-bond donors (Lipinski definition) is 1. The summed E-state index contributed by atoms with van der Waals surface area (Å²) in [6.45, 7) is 3.13. The predicted octanol–water partition coefficient (Wildman–Crippen LogP) is 4.54. The lowest BCUT2D eigenvalue weighted by molar-refractivity contribution is -0.0565. The molecule has 1 aliphatic rings. The van der Waals surface area contributed by atoms with E-state index in [-0.39, 0.29) is 11.4 Å². The number of nitrogens with zero attached hydrogens (tertiary/aromatic N) is 4. The number of H-pyrrole nitrogens is 1. The number of piperidine rings is 1. The Morgan fingerprint density at radius 1 is 1.06 bits per heavy atom. The van der Waals surface area contributed by atoms with Gasteiger partial charge in [0.2, 0.25) is 0 Å². The van der Waals surface area contributed by atoms with Gasteiger partial charge in [0.25, 0.3) is 0 Å². The molecule has 1 saturated heterocycles. The van der Waals surface area contributed by atoms with E-state index in [1.54, 1.807) is 12.7 Å². The van der Waals surface area contributed by atoms with Crippen LogP contribution in [0.5, 0.6) is 0 Å². The van der Waals surface area contributed by atoms with Gasteiger partial charge in [-0.25, -0.2) is 4.39 Å². The van der Waals surface area contributed by atoms with Crippen LogP contribution < -0.4 is 0 Å². The van der Waals surface area contributed by atoms with E-state index in [1.807, 2.05) is 23.8 Å². The van der Waals surface area contributed by atoms with Crippen LogP contribution in [-0.4, -0.2) is 57.0 Å². The molecule has 3 heterocycles. The molecule has 5 rings (SSSR count). The molecule has 4 aromatic rings. The maximum absolute atomic E-state index is 13.2. The summed E-state index contributed by atoms with van der Waals surface area (Å²) in [6, 6.07) is 13.2. The van der Waals surface area contributed by atoms with Crippen LogP contribution in [0.1, 0.15) is 30.4 Å². The first kappa shape index (κ1) is 21.8. The van der Waals surface area contributed by atoms with Gasteiger partial charge in [-0.1, -0.05) is 12.1 Å². The van der Waals surface area contributed by atoms with Crippen molar-refractivity contribution >= 4 is 10.9 Å². The van der Waals surface area contributed by atoms with Crippen LogP contribution in [0.4, 0.5) is 4.39 Å². The molecule has 2 aromatic carbocycles. The van der Waals surface area contributed by atoms with E-state index in [0.29, 0.717) is 0 Å². The molecule has 1 fully saturated rings. The topological polar surface area (TPSA) is 59.0 Å². The zero-order valence-electron chi connectivity index (χ0n) is 19.0. The molecule has 6 nitrogen and oxygen atoms in total. The van der Waals surface area contributed by atoms with Crippen molar-refractivity contribution in [2.75, 3.05) is 26.7 Å². The summed E-state index contributed by atoms with van der Waals surface area (Å²) in [4.78, 5) is 5.94. The first-order valence-corrected chi connectivity index (χ1v) is 11.6. The van der Waals surface area contributed by atoms with Gasteiger partial charge in [0, 0.05) is 49.4 Å². The number of halogens is 1. The number of aromatic nitrogens is 4. The van der Waals surface area contributed by atoms with Crippen LogP contribution in [-0.2, 0) is 17.6 Å². The molecule has 0 unspecified atom stereocenters. The third kappa shape index (κ3) is 4.84. The van der Waals surface area contributed by atoms with Crippen molar-refractivity contribution in [1.29, 1.82) is 0 Å².